The minimum Gasteiger partial charge on any atom is -0.387 e. The summed E-state index contributed by atoms with van der Waals surface area (Å²) in [5.74, 6) is -0.252. The van der Waals surface area contributed by atoms with Crippen LogP contribution in [0.25, 0.3) is 0 Å². The van der Waals surface area contributed by atoms with E-state index in [9.17, 15) is 13.5 Å². The van der Waals surface area contributed by atoms with Crippen molar-refractivity contribution in [3.63, 3.8) is 0 Å². The Balaban J connectivity index is 2.33. The van der Waals surface area contributed by atoms with Crippen LogP contribution in [0.4, 0.5) is 0 Å². The van der Waals surface area contributed by atoms with Crippen molar-refractivity contribution < 1.29 is 13.5 Å². The molecule has 1 unspecified atom stereocenters. The number of rotatable bonds is 2. The summed E-state index contributed by atoms with van der Waals surface area (Å²) in [4.78, 5) is 5.08. The van der Waals surface area contributed by atoms with Gasteiger partial charge in [0.2, 0.25) is 10.0 Å². The highest BCUT2D eigenvalue weighted by atomic mass is 32.2. The summed E-state index contributed by atoms with van der Waals surface area (Å²) in [6, 6.07) is 0. The third kappa shape index (κ3) is 3.04. The average Bonchev–Trinajstić information content (AvgIpc) is 2.41. The largest absolute Gasteiger partial charge is 0.387 e. The van der Waals surface area contributed by atoms with E-state index in [1.54, 1.807) is 0 Å². The van der Waals surface area contributed by atoms with Crippen LogP contribution >= 0.6 is 11.3 Å². The second-order valence-electron chi connectivity index (χ2n) is 5.29. The lowest BCUT2D eigenvalue weighted by Crippen LogP contribution is -2.24. The highest BCUT2D eigenvalue weighted by Crippen LogP contribution is 2.42. The van der Waals surface area contributed by atoms with Gasteiger partial charge in [0, 0.05) is 0 Å². The van der Waals surface area contributed by atoms with Crippen molar-refractivity contribution in [3.05, 3.63) is 15.6 Å². The number of nitrogens with zero attached hydrogens (tertiary/aromatic N) is 1. The van der Waals surface area contributed by atoms with Gasteiger partial charge in [-0.3, -0.25) is 0 Å². The monoisotopic (exact) mass is 276 g/mol. The zero-order chi connectivity index (χ0) is 12.8. The molecule has 5 nitrogen and oxygen atoms in total. The fourth-order valence-electron chi connectivity index (χ4n) is 2.18. The summed E-state index contributed by atoms with van der Waals surface area (Å²) in [5.41, 5.74) is 0.816. The Morgan fingerprint density at radius 2 is 2.24 bits per heavy atom. The van der Waals surface area contributed by atoms with Crippen LogP contribution in [-0.4, -0.2) is 18.5 Å². The van der Waals surface area contributed by atoms with E-state index in [-0.39, 0.29) is 11.2 Å². The Bertz CT molecular complexity index is 534. The average molecular weight is 276 g/mol. The summed E-state index contributed by atoms with van der Waals surface area (Å²) in [6.07, 6.45) is 0.901. The molecule has 1 aromatic heterocycles. The number of hydrogen-bond donors (Lipinski definition) is 2. The van der Waals surface area contributed by atoms with Gasteiger partial charge in [-0.15, -0.1) is 11.3 Å². The molecule has 0 aliphatic heterocycles. The summed E-state index contributed by atoms with van der Waals surface area (Å²) in [7, 11) is -3.56. The minimum absolute atomic E-state index is 0.000645. The van der Waals surface area contributed by atoms with E-state index in [1.165, 1.54) is 11.3 Å². The standard InChI is InChI=1S/C10H16N2O3S2/c1-10(2)3-6-9(7(13)4-10)16-8(12-6)5-17(11,14)15/h7,13H,3-5H2,1-2H3,(H2,11,14,15). The lowest BCUT2D eigenvalue weighted by atomic mass is 9.77. The normalized spacial score (nSPS) is 23.4. The van der Waals surface area contributed by atoms with E-state index in [2.05, 4.69) is 18.8 Å². The molecule has 1 atom stereocenters. The first kappa shape index (κ1) is 12.9. The van der Waals surface area contributed by atoms with Gasteiger partial charge in [-0.2, -0.15) is 0 Å². The van der Waals surface area contributed by atoms with Gasteiger partial charge >= 0.3 is 0 Å². The van der Waals surface area contributed by atoms with Crippen LogP contribution in [0.15, 0.2) is 0 Å². The molecule has 0 radical (unpaired) electrons. The number of fused-ring (bicyclic) bond motifs is 1. The molecule has 0 fully saturated rings. The van der Waals surface area contributed by atoms with Crippen LogP contribution in [0.3, 0.4) is 0 Å². The third-order valence-corrected chi connectivity index (χ3v) is 4.85. The van der Waals surface area contributed by atoms with Crippen LogP contribution in [0.5, 0.6) is 0 Å². The van der Waals surface area contributed by atoms with E-state index in [1.807, 2.05) is 0 Å². The molecule has 0 amide bonds. The van der Waals surface area contributed by atoms with Crippen molar-refractivity contribution >= 4 is 21.4 Å². The van der Waals surface area contributed by atoms with Gasteiger partial charge in [0.15, 0.2) is 0 Å². The minimum atomic E-state index is -3.56. The number of nitrogens with two attached hydrogens (primary N) is 1. The van der Waals surface area contributed by atoms with Gasteiger partial charge in [-0.1, -0.05) is 13.8 Å². The molecule has 0 saturated carbocycles. The highest BCUT2D eigenvalue weighted by molar-refractivity contribution is 7.88. The molecule has 17 heavy (non-hydrogen) atoms. The predicted molar refractivity (Wildman–Crippen MR) is 66.0 cm³/mol. The van der Waals surface area contributed by atoms with Gasteiger partial charge in [0.05, 0.1) is 16.7 Å². The molecule has 7 heteroatoms. The smallest absolute Gasteiger partial charge is 0.215 e. The van der Waals surface area contributed by atoms with Gasteiger partial charge < -0.3 is 5.11 Å². The Morgan fingerprint density at radius 1 is 1.59 bits per heavy atom. The summed E-state index contributed by atoms with van der Waals surface area (Å²) in [5, 5.41) is 15.5. The predicted octanol–water partition coefficient (Wildman–Crippen LogP) is 0.937. The number of aromatic nitrogens is 1. The van der Waals surface area contributed by atoms with Crippen LogP contribution < -0.4 is 5.14 Å². The Morgan fingerprint density at radius 3 is 2.82 bits per heavy atom. The second kappa shape index (κ2) is 4.01. The maximum absolute atomic E-state index is 11.0. The fourth-order valence-corrected chi connectivity index (χ4v) is 4.18. The molecule has 0 bridgehead atoms. The summed E-state index contributed by atoms with van der Waals surface area (Å²) < 4.78 is 22.0. The fraction of sp³-hybridized carbons (Fsp3) is 0.700. The zero-order valence-corrected chi connectivity index (χ0v) is 11.4. The van der Waals surface area contributed by atoms with Crippen LogP contribution in [0.1, 0.15) is 42.0 Å². The molecule has 1 aliphatic rings. The van der Waals surface area contributed by atoms with E-state index in [0.29, 0.717) is 11.4 Å². The molecule has 2 rings (SSSR count). The van der Waals surface area contributed by atoms with Gasteiger partial charge in [0.25, 0.3) is 0 Å². The molecule has 3 N–H and O–H groups in total. The molecule has 1 heterocycles. The van der Waals surface area contributed by atoms with E-state index < -0.39 is 16.1 Å². The first-order valence-corrected chi connectivity index (χ1v) is 7.86. The summed E-state index contributed by atoms with van der Waals surface area (Å²) >= 11 is 1.25. The third-order valence-electron chi connectivity index (χ3n) is 2.79. The molecular weight excluding hydrogens is 260 g/mol. The van der Waals surface area contributed by atoms with E-state index in [4.69, 9.17) is 5.14 Å². The van der Waals surface area contributed by atoms with Gasteiger partial charge in [-0.05, 0) is 18.3 Å². The Labute approximate surface area is 105 Å². The maximum atomic E-state index is 11.0. The Kier molecular flexibility index (Phi) is 3.05. The quantitative estimate of drug-likeness (QED) is 0.840. The lowest BCUT2D eigenvalue weighted by molar-refractivity contribution is 0.102. The zero-order valence-electron chi connectivity index (χ0n) is 9.80. The number of hydrogen-bond acceptors (Lipinski definition) is 5. The van der Waals surface area contributed by atoms with Gasteiger partial charge in [0.1, 0.15) is 10.8 Å². The van der Waals surface area contributed by atoms with Crippen LogP contribution in [0, 0.1) is 5.41 Å². The molecule has 0 saturated heterocycles. The molecule has 1 aromatic rings. The first-order chi connectivity index (χ1) is 7.66. The van der Waals surface area contributed by atoms with Crippen molar-refractivity contribution in [1.82, 2.24) is 4.98 Å². The number of primary sulfonamides is 1. The van der Waals surface area contributed by atoms with Crippen molar-refractivity contribution in [1.29, 1.82) is 0 Å². The first-order valence-electron chi connectivity index (χ1n) is 5.33. The van der Waals surface area contributed by atoms with E-state index >= 15 is 0 Å². The SMILES string of the molecule is CC1(C)Cc2nc(CS(N)(=O)=O)sc2C(O)C1. The number of aliphatic hydroxyl groups excluding tert-OH is 1. The van der Waals surface area contributed by atoms with E-state index in [0.717, 1.165) is 17.0 Å². The molecular formula is C10H16N2O3S2. The topological polar surface area (TPSA) is 93.3 Å². The molecule has 96 valence electrons. The van der Waals surface area contributed by atoms with Crippen molar-refractivity contribution in [2.45, 2.75) is 38.5 Å². The summed E-state index contributed by atoms with van der Waals surface area (Å²) in [6.45, 7) is 4.13. The van der Waals surface area contributed by atoms with Crippen molar-refractivity contribution in [2.75, 3.05) is 0 Å². The van der Waals surface area contributed by atoms with Crippen molar-refractivity contribution in [2.24, 2.45) is 10.6 Å². The maximum Gasteiger partial charge on any atom is 0.215 e. The molecule has 0 spiro atoms. The molecule has 0 aromatic carbocycles. The highest BCUT2D eigenvalue weighted by Gasteiger charge is 2.34. The number of sulfonamides is 1. The van der Waals surface area contributed by atoms with Gasteiger partial charge in [-0.25, -0.2) is 18.5 Å². The second-order valence-corrected chi connectivity index (χ2v) is 8.02. The van der Waals surface area contributed by atoms with Crippen LogP contribution in [0.2, 0.25) is 0 Å². The number of thiazole rings is 1. The van der Waals surface area contributed by atoms with Crippen LogP contribution in [-0.2, 0) is 22.2 Å². The number of aliphatic hydroxyl groups is 1. The Hall–Kier alpha value is -0.500. The molecule has 1 aliphatic carbocycles. The lowest BCUT2D eigenvalue weighted by Gasteiger charge is -2.31. The van der Waals surface area contributed by atoms with Crippen molar-refractivity contribution in [3.8, 4) is 0 Å².